The molecule has 0 saturated heterocycles. The first kappa shape index (κ1) is 17.6. The van der Waals surface area contributed by atoms with E-state index in [2.05, 4.69) is 20.4 Å². The molecule has 0 saturated carbocycles. The molecule has 26 heavy (non-hydrogen) atoms. The lowest BCUT2D eigenvalue weighted by atomic mass is 10.2. The van der Waals surface area contributed by atoms with Crippen LogP contribution in [0.1, 0.15) is 16.1 Å². The molecule has 1 heterocycles. The second-order valence-electron chi connectivity index (χ2n) is 5.66. The van der Waals surface area contributed by atoms with Gasteiger partial charge in [-0.25, -0.2) is 13.1 Å². The highest BCUT2D eigenvalue weighted by atomic mass is 32.2. The van der Waals surface area contributed by atoms with Crippen molar-refractivity contribution in [3.8, 4) is 0 Å². The summed E-state index contributed by atoms with van der Waals surface area (Å²) in [6.45, 7) is 0.493. The third-order valence-electron chi connectivity index (χ3n) is 3.43. The number of hydrogen-bond donors (Lipinski definition) is 2. The van der Waals surface area contributed by atoms with Crippen molar-refractivity contribution < 1.29 is 13.2 Å². The zero-order chi connectivity index (χ0) is 18.6. The minimum absolute atomic E-state index is 0.134. The molecule has 9 heteroatoms. The maximum Gasteiger partial charge on any atom is 0.277 e. The average molecular weight is 371 g/mol. The molecule has 3 aromatic rings. The monoisotopic (exact) mass is 371 g/mol. The lowest BCUT2D eigenvalue weighted by Gasteiger charge is -2.10. The Balaban J connectivity index is 1.73. The molecule has 134 valence electrons. The Bertz CT molecular complexity index is 1020. The molecule has 0 aliphatic rings. The van der Waals surface area contributed by atoms with E-state index < -0.39 is 15.9 Å². The minimum Gasteiger partial charge on any atom is -0.319 e. The molecule has 0 aliphatic carbocycles. The summed E-state index contributed by atoms with van der Waals surface area (Å²) >= 11 is 0. The minimum atomic E-state index is -3.46. The van der Waals surface area contributed by atoms with Crippen LogP contribution >= 0.6 is 0 Å². The quantitative estimate of drug-likeness (QED) is 0.689. The van der Waals surface area contributed by atoms with E-state index in [9.17, 15) is 13.2 Å². The van der Waals surface area contributed by atoms with E-state index >= 15 is 0 Å². The van der Waals surface area contributed by atoms with Crippen LogP contribution in [-0.2, 0) is 16.6 Å². The van der Waals surface area contributed by atoms with Crippen molar-refractivity contribution in [2.75, 3.05) is 16.3 Å². The third kappa shape index (κ3) is 4.67. The molecule has 0 atom stereocenters. The highest BCUT2D eigenvalue weighted by molar-refractivity contribution is 7.92. The van der Waals surface area contributed by atoms with Gasteiger partial charge in [0.05, 0.1) is 30.4 Å². The highest BCUT2D eigenvalue weighted by Gasteiger charge is 2.14. The molecule has 0 radical (unpaired) electrons. The van der Waals surface area contributed by atoms with Crippen LogP contribution in [0.4, 0.5) is 11.4 Å². The highest BCUT2D eigenvalue weighted by Crippen LogP contribution is 2.22. The van der Waals surface area contributed by atoms with Gasteiger partial charge in [0.25, 0.3) is 5.91 Å². The molecule has 1 amide bonds. The summed E-state index contributed by atoms with van der Waals surface area (Å²) in [6.07, 6.45) is 2.58. The lowest BCUT2D eigenvalue weighted by molar-refractivity contribution is 0.102. The summed E-state index contributed by atoms with van der Waals surface area (Å²) in [5.41, 5.74) is 1.78. The van der Waals surface area contributed by atoms with E-state index in [0.29, 0.717) is 12.2 Å². The van der Waals surface area contributed by atoms with Crippen molar-refractivity contribution >= 4 is 27.3 Å². The molecule has 0 bridgehead atoms. The summed E-state index contributed by atoms with van der Waals surface area (Å²) in [4.78, 5) is 12.4. The number of nitrogens with zero attached hydrogens (tertiary/aromatic N) is 3. The van der Waals surface area contributed by atoms with Crippen molar-refractivity contribution in [1.29, 1.82) is 0 Å². The number of amides is 1. The number of benzene rings is 2. The van der Waals surface area contributed by atoms with E-state index in [0.717, 1.165) is 11.8 Å². The van der Waals surface area contributed by atoms with Crippen LogP contribution in [0.5, 0.6) is 0 Å². The Morgan fingerprint density at radius 2 is 1.69 bits per heavy atom. The number of aromatic nitrogens is 3. The van der Waals surface area contributed by atoms with E-state index in [-0.39, 0.29) is 11.4 Å². The molecule has 8 nitrogen and oxygen atoms in total. The standard InChI is InChI=1S/C17H17N5O3S/c1-26(24,25)20-15-10-6-5-9-14(15)18-17(23)16-12-22(21-19-16)11-13-7-3-2-4-8-13/h2-10,12,20H,11H2,1H3,(H,18,23). The van der Waals surface area contributed by atoms with E-state index in [4.69, 9.17) is 0 Å². The van der Waals surface area contributed by atoms with Crippen LogP contribution < -0.4 is 10.0 Å². The van der Waals surface area contributed by atoms with Gasteiger partial charge in [-0.2, -0.15) is 0 Å². The Morgan fingerprint density at radius 1 is 1.04 bits per heavy atom. The lowest BCUT2D eigenvalue weighted by Crippen LogP contribution is -2.16. The molecule has 1 aromatic heterocycles. The van der Waals surface area contributed by atoms with Crippen LogP contribution in [0.25, 0.3) is 0 Å². The van der Waals surface area contributed by atoms with Crippen LogP contribution in [0.15, 0.2) is 60.8 Å². The number of para-hydroxylation sites is 2. The number of carbonyl (C=O) groups excluding carboxylic acids is 1. The maximum atomic E-state index is 12.4. The first-order chi connectivity index (χ1) is 12.4. The van der Waals surface area contributed by atoms with Gasteiger partial charge in [-0.15, -0.1) is 5.10 Å². The van der Waals surface area contributed by atoms with Crippen LogP contribution in [-0.4, -0.2) is 35.6 Å². The molecular weight excluding hydrogens is 354 g/mol. The van der Waals surface area contributed by atoms with E-state index in [1.54, 1.807) is 28.9 Å². The van der Waals surface area contributed by atoms with E-state index in [1.165, 1.54) is 6.20 Å². The second-order valence-corrected chi connectivity index (χ2v) is 7.41. The largest absolute Gasteiger partial charge is 0.319 e. The average Bonchev–Trinajstić information content (AvgIpc) is 3.05. The summed E-state index contributed by atoms with van der Waals surface area (Å²) in [7, 11) is -3.46. The maximum absolute atomic E-state index is 12.4. The number of hydrogen-bond acceptors (Lipinski definition) is 5. The van der Waals surface area contributed by atoms with Gasteiger partial charge in [-0.05, 0) is 17.7 Å². The Kier molecular flexibility index (Phi) is 4.99. The predicted octanol–water partition coefficient (Wildman–Crippen LogP) is 1.95. The van der Waals surface area contributed by atoms with Gasteiger partial charge in [-0.1, -0.05) is 47.7 Å². The van der Waals surface area contributed by atoms with Gasteiger partial charge in [0.1, 0.15) is 0 Å². The van der Waals surface area contributed by atoms with Crippen molar-refractivity contribution in [3.05, 3.63) is 72.1 Å². The topological polar surface area (TPSA) is 106 Å². The van der Waals surface area contributed by atoms with Crippen molar-refractivity contribution in [2.45, 2.75) is 6.54 Å². The molecule has 0 spiro atoms. The molecule has 3 rings (SSSR count). The number of anilines is 2. The molecule has 0 aliphatic heterocycles. The fourth-order valence-electron chi connectivity index (χ4n) is 2.32. The summed E-state index contributed by atoms with van der Waals surface area (Å²) in [5.74, 6) is -0.480. The van der Waals surface area contributed by atoms with Crippen molar-refractivity contribution in [2.24, 2.45) is 0 Å². The smallest absolute Gasteiger partial charge is 0.277 e. The van der Waals surface area contributed by atoms with Gasteiger partial charge in [0.15, 0.2) is 5.69 Å². The first-order valence-electron chi connectivity index (χ1n) is 7.73. The van der Waals surface area contributed by atoms with Gasteiger partial charge in [0.2, 0.25) is 10.0 Å². The normalized spacial score (nSPS) is 11.1. The molecule has 2 aromatic carbocycles. The number of sulfonamides is 1. The second kappa shape index (κ2) is 7.36. The number of rotatable bonds is 6. The fraction of sp³-hybridized carbons (Fsp3) is 0.118. The first-order valence-corrected chi connectivity index (χ1v) is 9.62. The molecule has 0 unspecified atom stereocenters. The van der Waals surface area contributed by atoms with Crippen molar-refractivity contribution in [3.63, 3.8) is 0 Å². The molecule has 0 fully saturated rings. The Morgan fingerprint density at radius 3 is 2.38 bits per heavy atom. The number of nitrogens with one attached hydrogen (secondary N) is 2. The fourth-order valence-corrected chi connectivity index (χ4v) is 2.89. The third-order valence-corrected chi connectivity index (χ3v) is 4.02. The van der Waals surface area contributed by atoms with Gasteiger partial charge < -0.3 is 5.32 Å². The predicted molar refractivity (Wildman–Crippen MR) is 98.4 cm³/mol. The Hall–Kier alpha value is -3.20. The SMILES string of the molecule is CS(=O)(=O)Nc1ccccc1NC(=O)c1cn(Cc2ccccc2)nn1. The molecule has 2 N–H and O–H groups in total. The summed E-state index contributed by atoms with van der Waals surface area (Å²) in [6, 6.07) is 16.2. The van der Waals surface area contributed by atoms with Crippen LogP contribution in [0, 0.1) is 0 Å². The Labute approximate surface area is 150 Å². The number of carbonyl (C=O) groups is 1. The van der Waals surface area contributed by atoms with Gasteiger partial charge in [-0.3, -0.25) is 9.52 Å². The zero-order valence-corrected chi connectivity index (χ0v) is 14.8. The van der Waals surface area contributed by atoms with Gasteiger partial charge >= 0.3 is 0 Å². The van der Waals surface area contributed by atoms with Crippen LogP contribution in [0.3, 0.4) is 0 Å². The summed E-state index contributed by atoms with van der Waals surface area (Å²) in [5, 5.41) is 10.5. The van der Waals surface area contributed by atoms with Crippen LogP contribution in [0.2, 0.25) is 0 Å². The van der Waals surface area contributed by atoms with Crippen molar-refractivity contribution in [1.82, 2.24) is 15.0 Å². The molecular formula is C17H17N5O3S. The van der Waals surface area contributed by atoms with E-state index in [1.807, 2.05) is 30.3 Å². The summed E-state index contributed by atoms with van der Waals surface area (Å²) < 4.78 is 26.8. The van der Waals surface area contributed by atoms with Gasteiger partial charge in [0, 0.05) is 0 Å². The zero-order valence-electron chi connectivity index (χ0n) is 14.0.